The van der Waals surface area contributed by atoms with Crippen molar-refractivity contribution in [2.75, 3.05) is 19.6 Å². The van der Waals surface area contributed by atoms with E-state index in [1.165, 1.54) is 22.3 Å². The topological polar surface area (TPSA) is 188 Å². The van der Waals surface area contributed by atoms with E-state index in [-0.39, 0.29) is 12.4 Å². The predicted molar refractivity (Wildman–Crippen MR) is 185 cm³/mol. The Morgan fingerprint density at radius 3 is 2.36 bits per heavy atom. The molecule has 0 bridgehead atoms. The Morgan fingerprint density at radius 2 is 1.55 bits per heavy atom. The van der Waals surface area contributed by atoms with Gasteiger partial charge in [0.1, 0.15) is 5.82 Å². The van der Waals surface area contributed by atoms with E-state index in [9.17, 15) is 0 Å². The lowest BCUT2D eigenvalue weighted by atomic mass is 9.99. The van der Waals surface area contributed by atoms with Gasteiger partial charge in [0.05, 0.1) is 11.2 Å². The van der Waals surface area contributed by atoms with Crippen LogP contribution in [-0.4, -0.2) is 60.2 Å². The summed E-state index contributed by atoms with van der Waals surface area (Å²) in [5, 5.41) is 23.0. The van der Waals surface area contributed by atoms with E-state index in [0.29, 0.717) is 44.0 Å². The number of aromatic amines is 2. The van der Waals surface area contributed by atoms with E-state index in [1.54, 1.807) is 0 Å². The van der Waals surface area contributed by atoms with Gasteiger partial charge in [0, 0.05) is 30.2 Å². The van der Waals surface area contributed by atoms with Crippen LogP contribution in [0.2, 0.25) is 0 Å². The van der Waals surface area contributed by atoms with Gasteiger partial charge < -0.3 is 22.0 Å². The Labute approximate surface area is 279 Å². The zero-order chi connectivity index (χ0) is 31.7. The molecule has 6 rings (SSSR count). The minimum absolute atomic E-state index is 0. The Kier molecular flexibility index (Phi) is 11.7. The lowest BCUT2D eigenvalue weighted by Crippen LogP contribution is -2.15. The Bertz CT molecular complexity index is 1870. The van der Waals surface area contributed by atoms with Crippen molar-refractivity contribution in [1.82, 2.24) is 40.5 Å². The fourth-order valence-electron chi connectivity index (χ4n) is 6.08. The molecule has 0 fully saturated rings. The molecule has 13 heteroatoms. The molecule has 0 radical (unpaired) electrons. The van der Waals surface area contributed by atoms with Crippen molar-refractivity contribution in [1.29, 1.82) is 0 Å². The summed E-state index contributed by atoms with van der Waals surface area (Å²) in [6, 6.07) is 22.7. The molecule has 0 aliphatic rings. The molecule has 3 heterocycles. The van der Waals surface area contributed by atoms with Gasteiger partial charge >= 0.3 is 0 Å². The fraction of sp³-hybridized carbons (Fsp3) is 0.324. The number of halogens is 1. The maximum atomic E-state index is 6.59. The molecule has 0 saturated carbocycles. The highest BCUT2D eigenvalue weighted by molar-refractivity contribution is 5.89. The first-order valence-corrected chi connectivity index (χ1v) is 15.9. The molecule has 8 N–H and O–H groups in total. The number of aromatic nitrogens is 8. The highest BCUT2D eigenvalue weighted by Gasteiger charge is 2.20. The fourth-order valence-corrected chi connectivity index (χ4v) is 6.08. The average Bonchev–Trinajstić information content (AvgIpc) is 3.82. The van der Waals surface area contributed by atoms with Gasteiger partial charge in [-0.2, -0.15) is 15.0 Å². The summed E-state index contributed by atoms with van der Waals surface area (Å²) in [4.78, 5) is 11.4. The van der Waals surface area contributed by atoms with Gasteiger partial charge in [-0.1, -0.05) is 53.7 Å². The number of nitrogens with one attached hydrogen (secondary N) is 2. The maximum Gasteiger partial charge on any atom is 0.181 e. The van der Waals surface area contributed by atoms with Crippen LogP contribution in [0.1, 0.15) is 52.4 Å². The zero-order valence-corrected chi connectivity index (χ0v) is 27.2. The minimum Gasteiger partial charge on any atom is -0.375 e. The number of hydrogen-bond donors (Lipinski definition) is 5. The van der Waals surface area contributed by atoms with Crippen LogP contribution in [0, 0.1) is 0 Å². The van der Waals surface area contributed by atoms with Gasteiger partial charge in [-0.15, -0.1) is 22.6 Å². The molecule has 0 spiro atoms. The largest absolute Gasteiger partial charge is 0.375 e. The molecule has 0 atom stereocenters. The second-order valence-corrected chi connectivity index (χ2v) is 11.4. The Balaban J connectivity index is 0.00000433. The van der Waals surface area contributed by atoms with Crippen molar-refractivity contribution in [3.8, 4) is 17.1 Å². The predicted octanol–water partition coefficient (Wildman–Crippen LogP) is 3.86. The van der Waals surface area contributed by atoms with Gasteiger partial charge in [-0.25, -0.2) is 4.98 Å². The van der Waals surface area contributed by atoms with Gasteiger partial charge in [0.15, 0.2) is 17.4 Å². The van der Waals surface area contributed by atoms with E-state index in [4.69, 9.17) is 27.0 Å². The quantitative estimate of drug-likeness (QED) is 0.0964. The molecule has 0 aliphatic carbocycles. The SMILES string of the molecule is Cl.NCCc1cccc2c1c(CCN)c(CCN)n2Oc1cccc(-c2n[nH]c(Cc3cccc(CCCCc4nn[nH]n4)c3)n2)c1. The smallest absolute Gasteiger partial charge is 0.181 e. The van der Waals surface area contributed by atoms with E-state index in [2.05, 4.69) is 67.2 Å². The first-order valence-electron chi connectivity index (χ1n) is 15.9. The van der Waals surface area contributed by atoms with Crippen molar-refractivity contribution in [2.45, 2.75) is 51.4 Å². The van der Waals surface area contributed by atoms with Crippen molar-refractivity contribution in [3.63, 3.8) is 0 Å². The number of aryl methyl sites for hydroxylation is 2. The molecule has 0 unspecified atom stereocenters. The zero-order valence-electron chi connectivity index (χ0n) is 26.4. The number of unbranched alkanes of at least 4 members (excludes halogenated alkanes) is 1. The first kappa shape index (κ1) is 33.7. The normalized spacial score (nSPS) is 11.2. The molecular formula is C34H42ClN11O. The summed E-state index contributed by atoms with van der Waals surface area (Å²) in [6.07, 6.45) is 6.71. The van der Waals surface area contributed by atoms with Crippen LogP contribution < -0.4 is 22.0 Å². The summed E-state index contributed by atoms with van der Waals surface area (Å²) < 4.78 is 1.91. The van der Waals surface area contributed by atoms with Crippen LogP contribution in [0.3, 0.4) is 0 Å². The average molecular weight is 656 g/mol. The van der Waals surface area contributed by atoms with E-state index in [1.807, 2.05) is 35.1 Å². The summed E-state index contributed by atoms with van der Waals surface area (Å²) in [5.41, 5.74) is 25.8. The molecule has 0 saturated heterocycles. The molecule has 6 aromatic rings. The van der Waals surface area contributed by atoms with E-state index >= 15 is 0 Å². The maximum absolute atomic E-state index is 6.59. The molecule has 0 amide bonds. The molecule has 3 aromatic carbocycles. The Hall–Kier alpha value is -4.62. The number of tetrazole rings is 1. The number of benzene rings is 3. The summed E-state index contributed by atoms with van der Waals surface area (Å²) in [7, 11) is 0. The standard InChI is InChI=1S/C34H41N11O.ClH/c35-17-14-25-9-5-12-30-33(25)28(15-18-36)29(16-19-37)45(30)46-27-11-4-10-26(22-27)34-38-32(39-42-34)21-24-8-3-7-23(20-24)6-1-2-13-31-40-43-44-41-31;/h3-5,7-12,20,22H,1-2,6,13-19,21,35-37H2,(H,38,39,42)(H,40,41,43,44);1H. The van der Waals surface area contributed by atoms with Crippen molar-refractivity contribution in [3.05, 3.63) is 106 Å². The van der Waals surface area contributed by atoms with Gasteiger partial charge in [-0.3, -0.25) is 5.10 Å². The van der Waals surface area contributed by atoms with Crippen molar-refractivity contribution in [2.24, 2.45) is 17.2 Å². The minimum atomic E-state index is 0. The third kappa shape index (κ3) is 8.03. The van der Waals surface area contributed by atoms with Gasteiger partial charge in [0.2, 0.25) is 0 Å². The van der Waals surface area contributed by atoms with Crippen LogP contribution in [0.5, 0.6) is 5.75 Å². The highest BCUT2D eigenvalue weighted by Crippen LogP contribution is 2.32. The lowest BCUT2D eigenvalue weighted by Gasteiger charge is -2.13. The third-order valence-corrected chi connectivity index (χ3v) is 8.12. The highest BCUT2D eigenvalue weighted by atomic mass is 35.5. The summed E-state index contributed by atoms with van der Waals surface area (Å²) >= 11 is 0. The monoisotopic (exact) mass is 655 g/mol. The lowest BCUT2D eigenvalue weighted by molar-refractivity contribution is 0.219. The van der Waals surface area contributed by atoms with Crippen molar-refractivity contribution >= 4 is 23.3 Å². The molecule has 3 aromatic heterocycles. The third-order valence-electron chi connectivity index (χ3n) is 8.12. The number of nitrogens with zero attached hydrogens (tertiary/aromatic N) is 6. The van der Waals surface area contributed by atoms with Crippen molar-refractivity contribution < 1.29 is 4.84 Å². The van der Waals surface area contributed by atoms with Gasteiger partial charge in [-0.05, 0) is 92.2 Å². The summed E-state index contributed by atoms with van der Waals surface area (Å²) in [5.74, 6) is 2.85. The second-order valence-electron chi connectivity index (χ2n) is 11.4. The van der Waals surface area contributed by atoms with Crippen LogP contribution in [-0.2, 0) is 38.5 Å². The number of hydrogen-bond acceptors (Lipinski definition) is 9. The van der Waals surface area contributed by atoms with E-state index < -0.39 is 0 Å². The summed E-state index contributed by atoms with van der Waals surface area (Å²) in [6.45, 7) is 1.59. The second kappa shape index (κ2) is 16.3. The van der Waals surface area contributed by atoms with Crippen LogP contribution in [0.4, 0.5) is 0 Å². The number of fused-ring (bicyclic) bond motifs is 1. The van der Waals surface area contributed by atoms with E-state index in [0.717, 1.165) is 72.3 Å². The number of H-pyrrole nitrogens is 2. The Morgan fingerprint density at radius 1 is 0.766 bits per heavy atom. The number of rotatable bonds is 16. The molecule has 47 heavy (non-hydrogen) atoms. The molecule has 0 aliphatic heterocycles. The molecular weight excluding hydrogens is 614 g/mol. The van der Waals surface area contributed by atoms with Crippen LogP contribution >= 0.6 is 12.4 Å². The molecule has 246 valence electrons. The van der Waals surface area contributed by atoms with Crippen LogP contribution in [0.15, 0.2) is 66.7 Å². The number of nitrogens with two attached hydrogens (primary N) is 3. The first-order chi connectivity index (χ1) is 22.7. The van der Waals surface area contributed by atoms with Gasteiger partial charge in [0.25, 0.3) is 0 Å². The molecule has 12 nitrogen and oxygen atoms in total. The van der Waals surface area contributed by atoms with Crippen LogP contribution in [0.25, 0.3) is 22.3 Å².